The van der Waals surface area contributed by atoms with Crippen LogP contribution in [0.1, 0.15) is 71.1 Å². The molecule has 0 rings (SSSR count). The number of rotatable bonds is 17. The highest BCUT2D eigenvalue weighted by Gasteiger charge is 2.51. The predicted octanol–water partition coefficient (Wildman–Crippen LogP) is 5.03. The lowest BCUT2D eigenvalue weighted by molar-refractivity contribution is -0.144. The van der Waals surface area contributed by atoms with Gasteiger partial charge in [0.1, 0.15) is 0 Å². The number of hydrogen-bond acceptors (Lipinski definition) is 6. The molecule has 0 heterocycles. The van der Waals surface area contributed by atoms with Gasteiger partial charge in [-0.2, -0.15) is 0 Å². The van der Waals surface area contributed by atoms with Crippen molar-refractivity contribution in [3.8, 4) is 0 Å². The summed E-state index contributed by atoms with van der Waals surface area (Å²) in [7, 11) is -3.90. The van der Waals surface area contributed by atoms with Crippen LogP contribution in [0.3, 0.4) is 0 Å². The van der Waals surface area contributed by atoms with Crippen molar-refractivity contribution in [2.75, 3.05) is 0 Å². The van der Waals surface area contributed by atoms with Crippen LogP contribution in [0.4, 0.5) is 0 Å². The van der Waals surface area contributed by atoms with Gasteiger partial charge < -0.3 is 13.3 Å². The molecule has 0 aliphatic heterocycles. The van der Waals surface area contributed by atoms with E-state index >= 15 is 0 Å². The molecule has 0 aromatic rings. The van der Waals surface area contributed by atoms with Gasteiger partial charge in [-0.15, -0.1) is 0 Å². The molecule has 0 aromatic carbocycles. The van der Waals surface area contributed by atoms with Crippen molar-refractivity contribution >= 4 is 26.7 Å². The molecule has 0 aromatic heterocycles. The molecule has 0 saturated heterocycles. The first-order valence-electron chi connectivity index (χ1n) is 9.99. The van der Waals surface area contributed by atoms with E-state index in [2.05, 4.69) is 26.7 Å². The van der Waals surface area contributed by atoms with Crippen LogP contribution in [-0.2, 0) is 27.7 Å². The maximum Gasteiger partial charge on any atom is 0.705 e. The van der Waals surface area contributed by atoms with Gasteiger partial charge in [0.05, 0.1) is 6.04 Å². The maximum atomic E-state index is 11.7. The van der Waals surface area contributed by atoms with Crippen LogP contribution in [0.5, 0.6) is 0 Å². The van der Waals surface area contributed by atoms with Gasteiger partial charge in [-0.3, -0.25) is 0 Å². The molecule has 0 unspecified atom stereocenters. The minimum Gasteiger partial charge on any atom is -0.452 e. The first-order chi connectivity index (χ1) is 13.4. The van der Waals surface area contributed by atoms with Gasteiger partial charge in [0.25, 0.3) is 0 Å². The topological polar surface area (TPSA) is 78.9 Å². The van der Waals surface area contributed by atoms with Crippen LogP contribution in [0.15, 0.2) is 38.0 Å². The van der Waals surface area contributed by atoms with Gasteiger partial charge in [-0.1, -0.05) is 84.4 Å². The molecule has 28 heavy (non-hydrogen) atoms. The van der Waals surface area contributed by atoms with Crippen LogP contribution in [0, 0.1) is 0 Å². The minimum atomic E-state index is -3.90. The Morgan fingerprint density at radius 1 is 0.643 bits per heavy atom. The van der Waals surface area contributed by atoms with Crippen molar-refractivity contribution in [1.82, 2.24) is 0 Å². The van der Waals surface area contributed by atoms with E-state index in [-0.39, 0.29) is 6.04 Å². The molecule has 0 N–H and O–H groups in total. The molecular formula is C21H34O6Si. The van der Waals surface area contributed by atoms with Gasteiger partial charge in [0, 0.05) is 18.2 Å². The van der Waals surface area contributed by atoms with Crippen LogP contribution in [-0.4, -0.2) is 26.7 Å². The third-order valence-corrected chi connectivity index (χ3v) is 6.61. The molecule has 6 nitrogen and oxygen atoms in total. The third-order valence-electron chi connectivity index (χ3n) is 4.10. The van der Waals surface area contributed by atoms with Crippen molar-refractivity contribution in [3.63, 3.8) is 0 Å². The van der Waals surface area contributed by atoms with E-state index in [0.717, 1.165) is 37.5 Å². The summed E-state index contributed by atoms with van der Waals surface area (Å²) < 4.78 is 15.6. The van der Waals surface area contributed by atoms with Crippen LogP contribution >= 0.6 is 0 Å². The van der Waals surface area contributed by atoms with Gasteiger partial charge >= 0.3 is 26.7 Å². The first-order valence-corrected chi connectivity index (χ1v) is 11.9. The predicted molar refractivity (Wildman–Crippen MR) is 111 cm³/mol. The fraction of sp³-hybridized carbons (Fsp3) is 0.571. The number of carbonyl (C=O) groups is 3. The monoisotopic (exact) mass is 410 g/mol. The molecule has 0 fully saturated rings. The average molecular weight is 411 g/mol. The molecule has 0 radical (unpaired) electrons. The Kier molecular flexibility index (Phi) is 14.6. The van der Waals surface area contributed by atoms with Gasteiger partial charge in [0.15, 0.2) is 0 Å². The Bertz CT molecular complexity index is 474. The summed E-state index contributed by atoms with van der Waals surface area (Å²) in [4.78, 5) is 35.1. The highest BCUT2D eigenvalue weighted by Crippen LogP contribution is 2.22. The zero-order chi connectivity index (χ0) is 21.3. The molecule has 0 aliphatic carbocycles. The normalized spacial score (nSPS) is 10.6. The summed E-state index contributed by atoms with van der Waals surface area (Å²) in [5.74, 6) is -2.44. The molecular weight excluding hydrogens is 376 g/mol. The summed E-state index contributed by atoms with van der Waals surface area (Å²) >= 11 is 0. The van der Waals surface area contributed by atoms with E-state index in [9.17, 15) is 14.4 Å². The van der Waals surface area contributed by atoms with E-state index < -0.39 is 26.7 Å². The molecule has 0 saturated carbocycles. The first kappa shape index (κ1) is 25.8. The van der Waals surface area contributed by atoms with Crippen molar-refractivity contribution in [1.29, 1.82) is 0 Å². The van der Waals surface area contributed by atoms with Gasteiger partial charge in [-0.25, -0.2) is 14.4 Å². The summed E-state index contributed by atoms with van der Waals surface area (Å²) in [5.41, 5.74) is 0. The highest BCUT2D eigenvalue weighted by molar-refractivity contribution is 6.66. The molecule has 158 valence electrons. The second-order valence-corrected chi connectivity index (χ2v) is 8.97. The van der Waals surface area contributed by atoms with Crippen molar-refractivity contribution < 1.29 is 27.7 Å². The highest BCUT2D eigenvalue weighted by atomic mass is 28.4. The summed E-state index contributed by atoms with van der Waals surface area (Å²) in [6, 6.07) is 0.155. The Labute approximate surface area is 170 Å². The molecule has 0 atom stereocenters. The Morgan fingerprint density at radius 2 is 0.964 bits per heavy atom. The van der Waals surface area contributed by atoms with Crippen molar-refractivity contribution in [2.45, 2.75) is 77.2 Å². The van der Waals surface area contributed by atoms with Gasteiger partial charge in [0.2, 0.25) is 0 Å². The largest absolute Gasteiger partial charge is 0.705 e. The van der Waals surface area contributed by atoms with Crippen LogP contribution in [0.2, 0.25) is 6.04 Å². The Balaban J connectivity index is 4.64. The van der Waals surface area contributed by atoms with Crippen molar-refractivity contribution in [2.24, 2.45) is 0 Å². The quantitative estimate of drug-likeness (QED) is 0.190. The van der Waals surface area contributed by atoms with E-state index in [1.54, 1.807) is 0 Å². The molecule has 0 spiro atoms. The zero-order valence-corrected chi connectivity index (χ0v) is 18.1. The molecule has 0 bridgehead atoms. The average Bonchev–Trinajstić information content (AvgIpc) is 2.68. The minimum absolute atomic E-state index is 0.155. The second-order valence-electron chi connectivity index (χ2n) is 6.49. The molecule has 7 heteroatoms. The fourth-order valence-corrected chi connectivity index (χ4v) is 4.91. The van der Waals surface area contributed by atoms with Crippen LogP contribution < -0.4 is 0 Å². The maximum absolute atomic E-state index is 11.7. The lowest BCUT2D eigenvalue weighted by atomic mass is 10.1. The third kappa shape index (κ3) is 12.3. The van der Waals surface area contributed by atoms with Crippen LogP contribution in [0.25, 0.3) is 0 Å². The summed E-state index contributed by atoms with van der Waals surface area (Å²) in [6.45, 7) is 12.2. The zero-order valence-electron chi connectivity index (χ0n) is 17.1. The Hall–Kier alpha value is -2.15. The molecule has 0 aliphatic rings. The van der Waals surface area contributed by atoms with E-state index in [1.165, 1.54) is 38.5 Å². The number of unbranched alkanes of at least 4 members (excludes halogenated alkanes) is 9. The summed E-state index contributed by atoms with van der Waals surface area (Å²) in [5, 5.41) is 0. The smallest absolute Gasteiger partial charge is 0.452 e. The number of hydrogen-bond donors (Lipinski definition) is 0. The second kappa shape index (κ2) is 15.9. The lowest BCUT2D eigenvalue weighted by Gasteiger charge is -2.26. The lowest BCUT2D eigenvalue weighted by Crippen LogP contribution is -2.49. The van der Waals surface area contributed by atoms with Crippen molar-refractivity contribution in [3.05, 3.63) is 38.0 Å². The molecule has 0 amide bonds. The van der Waals surface area contributed by atoms with E-state index in [4.69, 9.17) is 13.3 Å². The van der Waals surface area contributed by atoms with E-state index in [0.29, 0.717) is 6.42 Å². The standard InChI is InChI=1S/C21H34O6Si/c1-5-9-10-11-12-13-14-15-16-17-18-28(25-19(22)6-2,26-20(23)7-3)27-21(24)8-4/h6-8H,2-5,9-18H2,1H3. The summed E-state index contributed by atoms with van der Waals surface area (Å²) in [6.07, 6.45) is 13.9. The number of carbonyl (C=O) groups excluding carboxylic acids is 3. The SMILES string of the molecule is C=CC(=O)O[Si](CCCCCCCCCCCC)(OC(=O)C=C)OC(=O)C=C. The van der Waals surface area contributed by atoms with Gasteiger partial charge in [-0.05, 0) is 6.42 Å². The van der Waals surface area contributed by atoms with E-state index in [1.807, 2.05) is 0 Å². The Morgan fingerprint density at radius 3 is 1.29 bits per heavy atom. The fourth-order valence-electron chi connectivity index (χ4n) is 2.63.